The highest BCUT2D eigenvalue weighted by atomic mass is 79.9. The molecule has 2 aliphatic rings. The summed E-state index contributed by atoms with van der Waals surface area (Å²) in [7, 11) is 0. The first kappa shape index (κ1) is 64.8. The Morgan fingerprint density at radius 3 is 1.68 bits per heavy atom. The van der Waals surface area contributed by atoms with Gasteiger partial charge in [0.15, 0.2) is 0 Å². The van der Waals surface area contributed by atoms with E-state index < -0.39 is 5.24 Å². The lowest BCUT2D eigenvalue weighted by molar-refractivity contribution is -0.112. The van der Waals surface area contributed by atoms with Gasteiger partial charge >= 0.3 is 0 Å². The lowest BCUT2D eigenvalue weighted by Crippen LogP contribution is -2.31. The molecule has 4 aromatic carbocycles. The maximum atomic E-state index is 13.2. The highest BCUT2D eigenvalue weighted by Crippen LogP contribution is 2.36. The van der Waals surface area contributed by atoms with Gasteiger partial charge in [0.2, 0.25) is 34.4 Å². The number of imidazole rings is 2. The average Bonchev–Trinajstić information content (AvgIpc) is 2.05. The minimum atomic E-state index is -0.431. The number of carbonyl (C=O) groups is 4. The van der Waals surface area contributed by atoms with Gasteiger partial charge in [-0.1, -0.05) is 79.3 Å². The van der Waals surface area contributed by atoms with Crippen molar-refractivity contribution in [2.45, 2.75) is 46.3 Å². The van der Waals surface area contributed by atoms with Crippen molar-refractivity contribution in [3.8, 4) is 22.5 Å². The Morgan fingerprint density at radius 1 is 0.705 bits per heavy atom. The lowest BCUT2D eigenvalue weighted by atomic mass is 10.1. The quantitative estimate of drug-likeness (QED) is 0.0176. The third-order valence-electron chi connectivity index (χ3n) is 13.5. The molecule has 22 nitrogen and oxygen atoms in total. The van der Waals surface area contributed by atoms with Crippen LogP contribution >= 0.6 is 27.5 Å². The summed E-state index contributed by atoms with van der Waals surface area (Å²) >= 11 is 7.99. The van der Waals surface area contributed by atoms with Gasteiger partial charge in [-0.05, 0) is 91.2 Å². The number of H-pyrrole nitrogens is 3. The van der Waals surface area contributed by atoms with Crippen LogP contribution in [0.3, 0.4) is 0 Å². The maximum Gasteiger partial charge on any atom is 0.253 e. The van der Waals surface area contributed by atoms with E-state index in [2.05, 4.69) is 86.4 Å². The van der Waals surface area contributed by atoms with Gasteiger partial charge in [-0.2, -0.15) is 0 Å². The first-order chi connectivity index (χ1) is 42.0. The Balaban J connectivity index is 0.000000211. The van der Waals surface area contributed by atoms with Crippen molar-refractivity contribution in [3.05, 3.63) is 218 Å². The highest BCUT2D eigenvalue weighted by molar-refractivity contribution is 9.09. The Labute approximate surface area is 522 Å². The predicted molar refractivity (Wildman–Crippen MR) is 350 cm³/mol. The fraction of sp³-hybridized carbons (Fsp3) is 0.188. The van der Waals surface area contributed by atoms with Crippen LogP contribution < -0.4 is 21.7 Å². The largest absolute Gasteiger partial charge is 0.399 e. The Bertz CT molecular complexity index is 4060. The number of rotatable bonds is 14. The van der Waals surface area contributed by atoms with E-state index in [9.17, 15) is 19.2 Å². The standard InChI is InChI=1S/C31H27N9O2.C24H21N7O.C4H4BrClO.C3H4N2.2CH4/c1-32-27-18-35-31(38-29(27)25-17-34-26-6-3-2-5-24(25)26)37-23-12-15-40(19-23)30(42)21-8-10-22(11-9-21)36-28(41)7-4-14-39-16-13-33-20-39;1-26-21-13-28-24(30-22(21)19-12-27-20-5-3-2-4-18(19)20)29-17-10-11-31(14-17)23(32)15-6-8-16(25)9-7-15;5-3-1-2-4(6)7;1-2-5-3-4-1;;/h2-11,13,16-18,20,23,34H,12,14-15,19H2,(H,36,41)(H,35,37,38);2-9,12-13,17,27H,10-11,14,25H2,(H,28,29,30);1-2H,3H2;1-3H,(H,4,5);2*1H4/b7-4+;;2-1+;;;/t23-;17-;;;;/m11..../s1. The number of likely N-dealkylation sites (tertiary alicyclic amines) is 2. The molecule has 2 fully saturated rings. The zero-order valence-corrected chi connectivity index (χ0v) is 48.4. The predicted octanol–water partition coefficient (Wildman–Crippen LogP) is 12.4. The van der Waals surface area contributed by atoms with Gasteiger partial charge in [0.05, 0.1) is 37.2 Å². The van der Waals surface area contributed by atoms with Crippen molar-refractivity contribution < 1.29 is 19.2 Å². The van der Waals surface area contributed by atoms with Crippen LogP contribution in [-0.4, -0.2) is 126 Å². The number of carbonyl (C=O) groups excluding carboxylic acids is 4. The van der Waals surface area contributed by atoms with Crippen LogP contribution in [0, 0.1) is 13.1 Å². The molecule has 8 heterocycles. The molecule has 0 saturated carbocycles. The number of anilines is 4. The number of nitrogens with zero attached hydrogens (tertiary/aromatic N) is 11. The van der Waals surface area contributed by atoms with Gasteiger partial charge < -0.3 is 51.0 Å². The minimum absolute atomic E-state index is 0. The monoisotopic (exact) mass is 1260 g/mol. The second-order valence-electron chi connectivity index (χ2n) is 19.3. The van der Waals surface area contributed by atoms with Crippen molar-refractivity contribution in [3.63, 3.8) is 0 Å². The first-order valence-electron chi connectivity index (χ1n) is 26.9. The van der Waals surface area contributed by atoms with Gasteiger partial charge in [-0.25, -0.2) is 39.6 Å². The summed E-state index contributed by atoms with van der Waals surface area (Å²) in [5.74, 6) is 0.520. The fourth-order valence-corrected chi connectivity index (χ4v) is 9.65. The van der Waals surface area contributed by atoms with Crippen molar-refractivity contribution in [1.82, 2.24) is 59.2 Å². The van der Waals surface area contributed by atoms with E-state index in [0.717, 1.165) is 45.8 Å². The maximum absolute atomic E-state index is 13.2. The number of hydrogen-bond acceptors (Lipinski definition) is 13. The van der Waals surface area contributed by atoms with Crippen molar-refractivity contribution >= 4 is 107 Å². The summed E-state index contributed by atoms with van der Waals surface area (Å²) in [5, 5.41) is 11.7. The Hall–Kier alpha value is -10.8. The zero-order valence-electron chi connectivity index (χ0n) is 46.0. The number of hydrogen-bond donors (Lipinski definition) is 7. The van der Waals surface area contributed by atoms with E-state index in [1.165, 1.54) is 18.3 Å². The SMILES string of the molecule is C.C.O=C(Cl)/C=C/CBr.[C-]#[N+]c1cnc(N[C@@H]2CCN(C(=O)c3ccc(N)cc3)C2)nc1-c1c[nH]c2ccccc12.[C-]#[N+]c1cnc(N[C@@H]2CCN(C(=O)c3ccc(NC(=O)/C=C/Cn4ccnc4)cc3)C2)nc1-c1c[nH]c2ccccc12.c1c[nH]cn1. The van der Waals surface area contributed by atoms with Crippen molar-refractivity contribution in [1.29, 1.82) is 0 Å². The van der Waals surface area contributed by atoms with Gasteiger partial charge in [0.1, 0.15) is 0 Å². The molecule has 448 valence electrons. The zero-order chi connectivity index (χ0) is 60.2. The Morgan fingerprint density at radius 2 is 1.24 bits per heavy atom. The summed E-state index contributed by atoms with van der Waals surface area (Å²) in [6, 6.07) is 29.6. The molecule has 0 radical (unpaired) electrons. The number of aromatic amines is 3. The molecule has 6 aromatic heterocycles. The third-order valence-corrected chi connectivity index (χ3v) is 14.0. The summed E-state index contributed by atoms with van der Waals surface area (Å²) < 4.78 is 1.85. The molecule has 3 amide bonds. The summed E-state index contributed by atoms with van der Waals surface area (Å²) in [4.78, 5) is 93.7. The number of amides is 3. The molecule has 24 heteroatoms. The normalized spacial score (nSPS) is 14.0. The van der Waals surface area contributed by atoms with Crippen LogP contribution in [0.25, 0.3) is 54.0 Å². The molecule has 0 spiro atoms. The highest BCUT2D eigenvalue weighted by Gasteiger charge is 2.29. The molecule has 0 bridgehead atoms. The summed E-state index contributed by atoms with van der Waals surface area (Å²) in [6.07, 6.45) is 24.8. The third kappa shape index (κ3) is 17.2. The number of fused-ring (bicyclic) bond motifs is 2. The number of nitrogens with two attached hydrogens (primary N) is 1. The summed E-state index contributed by atoms with van der Waals surface area (Å²) in [5.41, 5.74) is 13.7. The molecule has 8 N–H and O–H groups in total. The molecule has 0 aliphatic carbocycles. The van der Waals surface area contributed by atoms with Crippen LogP contribution in [0.1, 0.15) is 48.4 Å². The smallest absolute Gasteiger partial charge is 0.253 e. The number of para-hydroxylation sites is 2. The number of benzene rings is 4. The minimum Gasteiger partial charge on any atom is -0.399 e. The van der Waals surface area contributed by atoms with E-state index in [4.69, 9.17) is 30.5 Å². The van der Waals surface area contributed by atoms with Crippen LogP contribution in [0.2, 0.25) is 0 Å². The van der Waals surface area contributed by atoms with Crippen molar-refractivity contribution in [2.75, 3.05) is 53.2 Å². The van der Waals surface area contributed by atoms with Crippen LogP contribution in [0.4, 0.5) is 34.6 Å². The van der Waals surface area contributed by atoms with Gasteiger partial charge in [-0.15, -0.1) is 0 Å². The molecule has 0 unspecified atom stereocenters. The lowest BCUT2D eigenvalue weighted by Gasteiger charge is -2.18. The summed E-state index contributed by atoms with van der Waals surface area (Å²) in [6.45, 7) is 17.9. The number of nitrogen functional groups attached to an aromatic ring is 1. The second-order valence-corrected chi connectivity index (χ2v) is 20.3. The first-order valence-corrected chi connectivity index (χ1v) is 28.4. The van der Waals surface area contributed by atoms with Crippen LogP contribution in [-0.2, 0) is 16.1 Å². The fourth-order valence-electron chi connectivity index (χ4n) is 9.37. The van der Waals surface area contributed by atoms with Crippen LogP contribution in [0.5, 0.6) is 0 Å². The van der Waals surface area contributed by atoms with Gasteiger partial charge in [-0.3, -0.25) is 19.2 Å². The average molecular weight is 1260 g/mol. The van der Waals surface area contributed by atoms with E-state index in [1.54, 1.807) is 103 Å². The number of aromatic nitrogens is 10. The number of nitrogens with one attached hydrogen (secondary N) is 6. The van der Waals surface area contributed by atoms with E-state index in [1.807, 2.05) is 76.6 Å². The molecule has 10 aromatic rings. The van der Waals surface area contributed by atoms with E-state index in [0.29, 0.717) is 95.2 Å². The molecule has 88 heavy (non-hydrogen) atoms. The molecular formula is C64H64BrClN18O4. The van der Waals surface area contributed by atoms with Gasteiger partial charge in [0, 0.05) is 161 Å². The second kappa shape index (κ2) is 31.9. The Kier molecular flexibility index (Phi) is 23.5. The topological polar surface area (TPSA) is 275 Å². The molecule has 12 rings (SSSR count). The van der Waals surface area contributed by atoms with Crippen LogP contribution in [0.15, 0.2) is 184 Å². The molecule has 2 aliphatic heterocycles. The van der Waals surface area contributed by atoms with Crippen molar-refractivity contribution in [2.24, 2.45) is 0 Å². The number of alkyl halides is 1. The number of allylic oxidation sites excluding steroid dienone is 3. The molecular weight excluding hydrogens is 1200 g/mol. The molecule has 2 atom stereocenters. The van der Waals surface area contributed by atoms with E-state index >= 15 is 0 Å². The van der Waals surface area contributed by atoms with E-state index in [-0.39, 0.29) is 44.7 Å². The molecule has 2 saturated heterocycles. The number of halogens is 2. The van der Waals surface area contributed by atoms with Gasteiger partial charge in [0.25, 0.3) is 11.8 Å².